The van der Waals surface area contributed by atoms with E-state index < -0.39 is 17.5 Å². The van der Waals surface area contributed by atoms with Gasteiger partial charge in [0.25, 0.3) is 5.91 Å². The van der Waals surface area contributed by atoms with E-state index in [4.69, 9.17) is 23.2 Å². The van der Waals surface area contributed by atoms with Crippen molar-refractivity contribution in [3.63, 3.8) is 0 Å². The van der Waals surface area contributed by atoms with Crippen molar-refractivity contribution >= 4 is 46.4 Å². The number of aromatic nitrogens is 2. The van der Waals surface area contributed by atoms with Crippen LogP contribution in [0.2, 0.25) is 10.0 Å². The number of hydrogen-bond acceptors (Lipinski definition) is 4. The lowest BCUT2D eigenvalue weighted by molar-refractivity contribution is 0.102. The number of anilines is 3. The quantitative estimate of drug-likeness (QED) is 0.648. The molecule has 1 amide bonds. The molecule has 0 fully saturated rings. The molecule has 0 unspecified atom stereocenters. The minimum Gasteiger partial charge on any atom is -0.323 e. The van der Waals surface area contributed by atoms with Crippen LogP contribution in [0.15, 0.2) is 48.8 Å². The maximum absolute atomic E-state index is 13.2. The van der Waals surface area contributed by atoms with Crippen molar-refractivity contribution in [1.29, 1.82) is 0 Å². The number of benzene rings is 2. The second-order valence-electron chi connectivity index (χ2n) is 5.13. The van der Waals surface area contributed by atoms with Gasteiger partial charge in [-0.05, 0) is 30.3 Å². The fraction of sp³-hybridized carbons (Fsp3) is 0. The van der Waals surface area contributed by atoms with E-state index >= 15 is 0 Å². The molecule has 0 saturated carbocycles. The minimum absolute atomic E-state index is 0.113. The summed E-state index contributed by atoms with van der Waals surface area (Å²) in [5.41, 5.74) is 0.762. The molecule has 9 heteroatoms. The fourth-order valence-electron chi connectivity index (χ4n) is 2.00. The smallest absolute Gasteiger partial charge is 0.258 e. The lowest BCUT2D eigenvalue weighted by Crippen LogP contribution is -2.13. The van der Waals surface area contributed by atoms with Gasteiger partial charge in [-0.3, -0.25) is 4.79 Å². The summed E-state index contributed by atoms with van der Waals surface area (Å²) >= 11 is 11.9. The molecule has 0 aliphatic heterocycles. The Bertz CT molecular complexity index is 967. The van der Waals surface area contributed by atoms with Crippen molar-refractivity contribution in [1.82, 2.24) is 9.97 Å². The molecule has 0 aliphatic carbocycles. The summed E-state index contributed by atoms with van der Waals surface area (Å²) in [6, 6.07) is 7.91. The van der Waals surface area contributed by atoms with Gasteiger partial charge < -0.3 is 10.6 Å². The molecule has 0 aliphatic rings. The summed E-state index contributed by atoms with van der Waals surface area (Å²) in [6.45, 7) is 0. The van der Waals surface area contributed by atoms with E-state index in [1.165, 1.54) is 18.5 Å². The number of nitrogens with one attached hydrogen (secondary N) is 2. The topological polar surface area (TPSA) is 66.9 Å². The zero-order valence-electron chi connectivity index (χ0n) is 12.9. The molecule has 26 heavy (non-hydrogen) atoms. The molecule has 2 N–H and O–H groups in total. The molecule has 0 spiro atoms. The summed E-state index contributed by atoms with van der Waals surface area (Å²) in [4.78, 5) is 20.2. The van der Waals surface area contributed by atoms with Crippen LogP contribution >= 0.6 is 23.2 Å². The van der Waals surface area contributed by atoms with Crippen LogP contribution in [0.4, 0.5) is 26.1 Å². The second kappa shape index (κ2) is 7.63. The van der Waals surface area contributed by atoms with Gasteiger partial charge in [0, 0.05) is 29.2 Å². The molecule has 5 nitrogen and oxygen atoms in total. The Labute approximate surface area is 157 Å². The first-order valence-electron chi connectivity index (χ1n) is 7.23. The normalized spacial score (nSPS) is 10.5. The van der Waals surface area contributed by atoms with Crippen molar-refractivity contribution in [2.45, 2.75) is 0 Å². The Hall–Kier alpha value is -2.77. The Kier molecular flexibility index (Phi) is 5.29. The van der Waals surface area contributed by atoms with E-state index in [-0.39, 0.29) is 17.2 Å². The van der Waals surface area contributed by atoms with Crippen molar-refractivity contribution < 1.29 is 13.6 Å². The fourth-order valence-corrected chi connectivity index (χ4v) is 2.34. The summed E-state index contributed by atoms with van der Waals surface area (Å²) in [7, 11) is 0. The highest BCUT2D eigenvalue weighted by molar-refractivity contribution is 6.35. The first-order valence-corrected chi connectivity index (χ1v) is 7.98. The van der Waals surface area contributed by atoms with Crippen molar-refractivity contribution in [3.05, 3.63) is 76.0 Å². The molecule has 1 aromatic heterocycles. The SMILES string of the molecule is O=C(Nc1ccc(F)c(F)c1)c1cnc(Nc2cc(Cl)ccc2Cl)nc1. The molecule has 3 rings (SSSR count). The number of amides is 1. The van der Waals surface area contributed by atoms with Crippen LogP contribution in [0.5, 0.6) is 0 Å². The van der Waals surface area contributed by atoms with E-state index in [0.717, 1.165) is 12.1 Å². The predicted octanol–water partition coefficient (Wildman–Crippen LogP) is 5.06. The third-order valence-corrected chi connectivity index (χ3v) is 3.83. The third kappa shape index (κ3) is 4.25. The lowest BCUT2D eigenvalue weighted by Gasteiger charge is -2.08. The molecule has 0 atom stereocenters. The third-order valence-electron chi connectivity index (χ3n) is 3.27. The van der Waals surface area contributed by atoms with Gasteiger partial charge in [-0.25, -0.2) is 18.7 Å². The number of carbonyl (C=O) groups is 1. The Morgan fingerprint density at radius 2 is 1.69 bits per heavy atom. The molecular weight excluding hydrogens is 385 g/mol. The standard InChI is InChI=1S/C17H10Cl2F2N4O/c18-10-1-3-12(19)15(5-10)25-17-22-7-9(8-23-17)16(26)24-11-2-4-13(20)14(21)6-11/h1-8H,(H,24,26)(H,22,23,25). The van der Waals surface area contributed by atoms with Gasteiger partial charge in [0.2, 0.25) is 5.95 Å². The molecule has 0 bridgehead atoms. The minimum atomic E-state index is -1.06. The highest BCUT2D eigenvalue weighted by atomic mass is 35.5. The highest BCUT2D eigenvalue weighted by Gasteiger charge is 2.10. The maximum atomic E-state index is 13.2. The van der Waals surface area contributed by atoms with Crippen LogP contribution in [0.3, 0.4) is 0 Å². The summed E-state index contributed by atoms with van der Waals surface area (Å²) in [6.07, 6.45) is 2.56. The Morgan fingerprint density at radius 3 is 2.38 bits per heavy atom. The van der Waals surface area contributed by atoms with Gasteiger partial charge in [-0.2, -0.15) is 0 Å². The summed E-state index contributed by atoms with van der Waals surface area (Å²) in [5, 5.41) is 6.22. The van der Waals surface area contributed by atoms with Crippen LogP contribution in [0.25, 0.3) is 0 Å². The molecule has 1 heterocycles. The molecule has 132 valence electrons. The molecule has 2 aromatic carbocycles. The van der Waals surface area contributed by atoms with Crippen LogP contribution in [-0.4, -0.2) is 15.9 Å². The van der Waals surface area contributed by atoms with Crippen LogP contribution in [0.1, 0.15) is 10.4 Å². The number of rotatable bonds is 4. The van der Waals surface area contributed by atoms with Gasteiger partial charge >= 0.3 is 0 Å². The van der Waals surface area contributed by atoms with Crippen LogP contribution in [-0.2, 0) is 0 Å². The largest absolute Gasteiger partial charge is 0.323 e. The number of nitrogens with zero attached hydrogens (tertiary/aromatic N) is 2. The Balaban J connectivity index is 1.71. The number of hydrogen-bond donors (Lipinski definition) is 2. The molecular formula is C17H10Cl2F2N4O. The first-order chi connectivity index (χ1) is 12.4. The lowest BCUT2D eigenvalue weighted by atomic mass is 10.2. The molecule has 3 aromatic rings. The molecule has 0 saturated heterocycles. The van der Waals surface area contributed by atoms with Gasteiger partial charge in [0.1, 0.15) is 0 Å². The average molecular weight is 395 g/mol. The van der Waals surface area contributed by atoms with E-state index in [9.17, 15) is 13.6 Å². The predicted molar refractivity (Wildman–Crippen MR) is 96.1 cm³/mol. The number of halogens is 4. The Morgan fingerprint density at radius 1 is 0.962 bits per heavy atom. The van der Waals surface area contributed by atoms with E-state index in [2.05, 4.69) is 20.6 Å². The highest BCUT2D eigenvalue weighted by Crippen LogP contribution is 2.27. The first kappa shape index (κ1) is 18.0. The second-order valence-corrected chi connectivity index (χ2v) is 5.97. The summed E-state index contributed by atoms with van der Waals surface area (Å²) in [5.74, 6) is -2.42. The van der Waals surface area contributed by atoms with E-state index in [0.29, 0.717) is 15.7 Å². The van der Waals surface area contributed by atoms with Gasteiger partial charge in [0.05, 0.1) is 16.3 Å². The zero-order valence-corrected chi connectivity index (χ0v) is 14.4. The number of carbonyl (C=O) groups excluding carboxylic acids is 1. The van der Waals surface area contributed by atoms with Crippen molar-refractivity contribution in [2.24, 2.45) is 0 Å². The van der Waals surface area contributed by atoms with Crippen LogP contribution < -0.4 is 10.6 Å². The van der Waals surface area contributed by atoms with E-state index in [1.54, 1.807) is 18.2 Å². The van der Waals surface area contributed by atoms with Gasteiger partial charge in [-0.1, -0.05) is 23.2 Å². The van der Waals surface area contributed by atoms with Gasteiger partial charge in [-0.15, -0.1) is 0 Å². The zero-order chi connectivity index (χ0) is 18.7. The van der Waals surface area contributed by atoms with Crippen LogP contribution in [0, 0.1) is 11.6 Å². The van der Waals surface area contributed by atoms with Crippen molar-refractivity contribution in [3.8, 4) is 0 Å². The molecule has 0 radical (unpaired) electrons. The van der Waals surface area contributed by atoms with Gasteiger partial charge in [0.15, 0.2) is 11.6 Å². The average Bonchev–Trinajstić information content (AvgIpc) is 2.62. The van der Waals surface area contributed by atoms with Crippen molar-refractivity contribution in [2.75, 3.05) is 10.6 Å². The maximum Gasteiger partial charge on any atom is 0.258 e. The summed E-state index contributed by atoms with van der Waals surface area (Å²) < 4.78 is 26.1. The monoisotopic (exact) mass is 394 g/mol. The van der Waals surface area contributed by atoms with E-state index in [1.807, 2.05) is 0 Å².